The summed E-state index contributed by atoms with van der Waals surface area (Å²) in [6, 6.07) is 12.9. The van der Waals surface area contributed by atoms with E-state index in [1.807, 2.05) is 39.8 Å². The number of piperidine rings is 1. The standard InChI is InChI=1S/C42H58ClN5O4/c1-28-9-8-10-34(43)33(28)27-47-17-13-30-25-31(11-12-32(30)26-47)36-37(48-18-14-42(6,7)15-19-48)35(38(40(49)50)52-41(3,4)5)29(2)45-39(36)44-16-20-46-21-23-51-24-22-46/h8-12,25,38H,13-24,26-27H2,1-7H3,(H,44,45)(H,49,50). The predicted molar refractivity (Wildman–Crippen MR) is 211 cm³/mol. The third-order valence-electron chi connectivity index (χ3n) is 10.9. The Morgan fingerprint density at radius 3 is 2.44 bits per heavy atom. The lowest BCUT2D eigenvalue weighted by molar-refractivity contribution is -0.160. The Bertz CT molecular complexity index is 1720. The number of halogens is 1. The van der Waals surface area contributed by atoms with Crippen LogP contribution in [0.15, 0.2) is 36.4 Å². The summed E-state index contributed by atoms with van der Waals surface area (Å²) in [5, 5.41) is 15.3. The number of morpholine rings is 1. The Morgan fingerprint density at radius 2 is 1.77 bits per heavy atom. The predicted octanol–water partition coefficient (Wildman–Crippen LogP) is 7.89. The molecule has 4 heterocycles. The van der Waals surface area contributed by atoms with Gasteiger partial charge in [-0.25, -0.2) is 9.78 Å². The van der Waals surface area contributed by atoms with Gasteiger partial charge in [0.2, 0.25) is 0 Å². The third kappa shape index (κ3) is 9.11. The van der Waals surface area contributed by atoms with E-state index in [2.05, 4.69) is 65.1 Å². The van der Waals surface area contributed by atoms with Crippen molar-refractivity contribution in [2.45, 2.75) is 92.5 Å². The van der Waals surface area contributed by atoms with Crippen molar-refractivity contribution in [3.8, 4) is 11.1 Å². The van der Waals surface area contributed by atoms with Gasteiger partial charge in [0.25, 0.3) is 0 Å². The highest BCUT2D eigenvalue weighted by molar-refractivity contribution is 6.31. The molecule has 282 valence electrons. The number of benzene rings is 2. The number of hydrogen-bond acceptors (Lipinski definition) is 8. The van der Waals surface area contributed by atoms with Crippen LogP contribution in [0.5, 0.6) is 0 Å². The first-order valence-corrected chi connectivity index (χ1v) is 19.4. The smallest absolute Gasteiger partial charge is 0.337 e. The van der Waals surface area contributed by atoms with Gasteiger partial charge in [0.1, 0.15) is 5.82 Å². The highest BCUT2D eigenvalue weighted by Crippen LogP contribution is 2.47. The Kier molecular flexibility index (Phi) is 11.9. The zero-order valence-corrected chi connectivity index (χ0v) is 33.0. The van der Waals surface area contributed by atoms with Crippen LogP contribution in [-0.2, 0) is 33.8 Å². The second-order valence-corrected chi connectivity index (χ2v) is 17.1. The number of pyridine rings is 1. The molecule has 0 bridgehead atoms. The van der Waals surface area contributed by atoms with Gasteiger partial charge < -0.3 is 24.8 Å². The molecule has 0 radical (unpaired) electrons. The molecule has 0 spiro atoms. The first-order valence-electron chi connectivity index (χ1n) is 19.0. The minimum atomic E-state index is -1.17. The number of fused-ring (bicyclic) bond motifs is 1. The number of aromatic nitrogens is 1. The van der Waals surface area contributed by atoms with Gasteiger partial charge >= 0.3 is 5.97 Å². The van der Waals surface area contributed by atoms with Gasteiger partial charge in [-0.1, -0.05) is 55.8 Å². The molecule has 1 aromatic heterocycles. The Morgan fingerprint density at radius 1 is 1.04 bits per heavy atom. The molecule has 0 amide bonds. The molecule has 2 N–H and O–H groups in total. The van der Waals surface area contributed by atoms with Crippen LogP contribution in [0.25, 0.3) is 11.1 Å². The fourth-order valence-corrected chi connectivity index (χ4v) is 8.10. The number of carboxylic acid groups (broad SMARTS) is 1. The second-order valence-electron chi connectivity index (χ2n) is 16.6. The van der Waals surface area contributed by atoms with Crippen LogP contribution in [0.2, 0.25) is 5.02 Å². The van der Waals surface area contributed by atoms with Crippen LogP contribution >= 0.6 is 11.6 Å². The van der Waals surface area contributed by atoms with Gasteiger partial charge in [0.15, 0.2) is 6.10 Å². The normalized spacial score (nSPS) is 19.0. The molecule has 52 heavy (non-hydrogen) atoms. The quantitative estimate of drug-likeness (QED) is 0.204. The average molecular weight is 732 g/mol. The summed E-state index contributed by atoms with van der Waals surface area (Å²) in [5.74, 6) is -0.211. The lowest BCUT2D eigenvalue weighted by atomic mass is 9.81. The van der Waals surface area contributed by atoms with E-state index in [9.17, 15) is 9.90 Å². The maximum atomic E-state index is 13.1. The molecule has 0 saturated carbocycles. The van der Waals surface area contributed by atoms with Crippen molar-refractivity contribution in [1.82, 2.24) is 14.8 Å². The molecule has 10 heteroatoms. The fourth-order valence-electron chi connectivity index (χ4n) is 7.82. The van der Waals surface area contributed by atoms with Gasteiger partial charge in [0, 0.05) is 80.7 Å². The number of carboxylic acids is 1. The molecule has 2 fully saturated rings. The molecule has 6 rings (SSSR count). The lowest BCUT2D eigenvalue weighted by Gasteiger charge is -2.41. The zero-order chi connectivity index (χ0) is 37.2. The molecule has 3 aliphatic heterocycles. The zero-order valence-electron chi connectivity index (χ0n) is 32.3. The molecule has 1 atom stereocenters. The van der Waals surface area contributed by atoms with E-state index in [1.165, 1.54) is 22.3 Å². The minimum Gasteiger partial charge on any atom is -0.479 e. The fraction of sp³-hybridized carbons (Fsp3) is 0.571. The molecule has 9 nitrogen and oxygen atoms in total. The van der Waals surface area contributed by atoms with Gasteiger partial charge in [-0.3, -0.25) is 9.80 Å². The summed E-state index contributed by atoms with van der Waals surface area (Å²) < 4.78 is 12.0. The number of aryl methyl sites for hydroxylation is 2. The number of aliphatic carboxylic acids is 1. The average Bonchev–Trinajstić information content (AvgIpc) is 3.09. The van der Waals surface area contributed by atoms with Crippen molar-refractivity contribution in [3.05, 3.63) is 74.9 Å². The second kappa shape index (κ2) is 16.0. The van der Waals surface area contributed by atoms with Crippen LogP contribution in [0.3, 0.4) is 0 Å². The van der Waals surface area contributed by atoms with E-state index >= 15 is 0 Å². The van der Waals surface area contributed by atoms with Crippen LogP contribution in [0.4, 0.5) is 11.5 Å². The van der Waals surface area contributed by atoms with Crippen molar-refractivity contribution >= 4 is 29.1 Å². The Labute approximate surface area is 315 Å². The Hall–Kier alpha value is -3.21. The summed E-state index contributed by atoms with van der Waals surface area (Å²) >= 11 is 6.63. The van der Waals surface area contributed by atoms with E-state index in [0.29, 0.717) is 17.8 Å². The van der Waals surface area contributed by atoms with E-state index < -0.39 is 17.7 Å². The van der Waals surface area contributed by atoms with Crippen LogP contribution < -0.4 is 10.2 Å². The molecule has 0 aliphatic carbocycles. The highest BCUT2D eigenvalue weighted by Gasteiger charge is 2.37. The maximum absolute atomic E-state index is 13.1. The van der Waals surface area contributed by atoms with Crippen molar-refractivity contribution in [2.24, 2.45) is 5.41 Å². The van der Waals surface area contributed by atoms with E-state index in [-0.39, 0.29) is 5.41 Å². The van der Waals surface area contributed by atoms with E-state index in [1.54, 1.807) is 0 Å². The summed E-state index contributed by atoms with van der Waals surface area (Å²) in [6.45, 7) is 23.6. The molecule has 2 aromatic carbocycles. The number of anilines is 2. The number of rotatable bonds is 11. The molecule has 3 aliphatic rings. The molecule has 3 aromatic rings. The minimum absolute atomic E-state index is 0.215. The summed E-state index contributed by atoms with van der Waals surface area (Å²) in [5.41, 5.74) is 8.84. The van der Waals surface area contributed by atoms with Crippen LogP contribution in [0, 0.1) is 19.3 Å². The highest BCUT2D eigenvalue weighted by atomic mass is 35.5. The summed E-state index contributed by atoms with van der Waals surface area (Å²) in [6.07, 6.45) is 1.76. The van der Waals surface area contributed by atoms with Crippen LogP contribution in [0.1, 0.15) is 87.1 Å². The molecule has 1 unspecified atom stereocenters. The summed E-state index contributed by atoms with van der Waals surface area (Å²) in [7, 11) is 0. The SMILES string of the molecule is Cc1cccc(Cl)c1CN1CCc2cc(-c3c(NCCN4CCOCC4)nc(C)c(C(OC(C)(C)C)C(=O)O)c3N3CCC(C)(C)CC3)ccc2C1. The number of nitrogens with zero attached hydrogens (tertiary/aromatic N) is 4. The number of nitrogens with one attached hydrogen (secondary N) is 1. The van der Waals surface area contributed by atoms with Gasteiger partial charge in [-0.2, -0.15) is 0 Å². The van der Waals surface area contributed by atoms with Crippen LogP contribution in [-0.4, -0.2) is 90.5 Å². The third-order valence-corrected chi connectivity index (χ3v) is 11.3. The Balaban J connectivity index is 1.44. The largest absolute Gasteiger partial charge is 0.479 e. The topological polar surface area (TPSA) is 90.4 Å². The number of hydrogen-bond donors (Lipinski definition) is 2. The van der Waals surface area contributed by atoms with Crippen molar-refractivity contribution in [2.75, 3.05) is 69.2 Å². The number of carbonyl (C=O) groups is 1. The van der Waals surface area contributed by atoms with Crippen molar-refractivity contribution in [1.29, 1.82) is 0 Å². The molecule has 2 saturated heterocycles. The van der Waals surface area contributed by atoms with Gasteiger partial charge in [-0.15, -0.1) is 0 Å². The molecular formula is C42H58ClN5O4. The lowest BCUT2D eigenvalue weighted by Crippen LogP contribution is -2.40. The van der Waals surface area contributed by atoms with E-state index in [0.717, 1.165) is 112 Å². The van der Waals surface area contributed by atoms with Gasteiger partial charge in [-0.05, 0) is 93.2 Å². The molecular weight excluding hydrogens is 674 g/mol. The van der Waals surface area contributed by atoms with Gasteiger partial charge in [0.05, 0.1) is 24.5 Å². The first-order chi connectivity index (χ1) is 24.7. The van der Waals surface area contributed by atoms with Crippen molar-refractivity contribution < 1.29 is 19.4 Å². The van der Waals surface area contributed by atoms with E-state index in [4.69, 9.17) is 26.1 Å². The van der Waals surface area contributed by atoms with Crippen molar-refractivity contribution in [3.63, 3.8) is 0 Å². The first kappa shape index (κ1) is 38.5. The monoisotopic (exact) mass is 731 g/mol. The number of ether oxygens (including phenoxy) is 2. The maximum Gasteiger partial charge on any atom is 0.337 e. The summed E-state index contributed by atoms with van der Waals surface area (Å²) in [4.78, 5) is 25.6.